The molecule has 166 valence electrons. The van der Waals surface area contributed by atoms with E-state index in [4.69, 9.17) is 10.1 Å². The van der Waals surface area contributed by atoms with Crippen LogP contribution in [0, 0.1) is 13.8 Å². The summed E-state index contributed by atoms with van der Waals surface area (Å²) < 4.78 is 0. The van der Waals surface area contributed by atoms with Crippen LogP contribution in [0.3, 0.4) is 0 Å². The molecule has 0 saturated heterocycles. The topological polar surface area (TPSA) is 99.5 Å². The number of carboxylic acids is 1. The molecule has 6 nitrogen and oxygen atoms in total. The van der Waals surface area contributed by atoms with Crippen molar-refractivity contribution in [3.63, 3.8) is 0 Å². The molecule has 6 heteroatoms. The summed E-state index contributed by atoms with van der Waals surface area (Å²) in [5.41, 5.74) is 5.74. The van der Waals surface area contributed by atoms with Crippen molar-refractivity contribution in [2.24, 2.45) is 0 Å². The van der Waals surface area contributed by atoms with Gasteiger partial charge in [-0.25, -0.2) is 4.98 Å². The third-order valence-electron chi connectivity index (χ3n) is 5.60. The molecule has 3 N–H and O–H groups in total. The minimum absolute atomic E-state index is 0.124. The molecular formula is C27H24N2O4. The van der Waals surface area contributed by atoms with Crippen LogP contribution in [0.25, 0.3) is 22.0 Å². The van der Waals surface area contributed by atoms with Gasteiger partial charge < -0.3 is 15.5 Å². The zero-order valence-corrected chi connectivity index (χ0v) is 18.4. The Balaban J connectivity index is 1.61. The second kappa shape index (κ2) is 9.12. The van der Waals surface area contributed by atoms with Gasteiger partial charge in [-0.1, -0.05) is 36.4 Å². The maximum Gasteiger partial charge on any atom is 0.312 e. The van der Waals surface area contributed by atoms with Gasteiger partial charge in [-0.15, -0.1) is 0 Å². The molecule has 0 bridgehead atoms. The van der Waals surface area contributed by atoms with E-state index in [9.17, 15) is 14.7 Å². The molecule has 0 spiro atoms. The number of benzene rings is 3. The minimum Gasteiger partial charge on any atom is -0.506 e. The Morgan fingerprint density at radius 3 is 2.30 bits per heavy atom. The molecule has 4 rings (SSSR count). The Kier molecular flexibility index (Phi) is 6.09. The van der Waals surface area contributed by atoms with Gasteiger partial charge in [0.2, 0.25) is 5.91 Å². The molecule has 0 aliphatic carbocycles. The molecule has 4 aromatic rings. The van der Waals surface area contributed by atoms with E-state index < -0.39 is 18.3 Å². The van der Waals surface area contributed by atoms with Crippen molar-refractivity contribution in [3.05, 3.63) is 89.1 Å². The highest BCUT2D eigenvalue weighted by Crippen LogP contribution is 2.31. The van der Waals surface area contributed by atoms with Gasteiger partial charge in [-0.2, -0.15) is 0 Å². The van der Waals surface area contributed by atoms with Gasteiger partial charge in [0.1, 0.15) is 17.9 Å². The Labute approximate surface area is 191 Å². The van der Waals surface area contributed by atoms with Crippen LogP contribution in [-0.2, 0) is 16.0 Å². The number of aromatic nitrogens is 1. The smallest absolute Gasteiger partial charge is 0.312 e. The molecule has 0 unspecified atom stereocenters. The van der Waals surface area contributed by atoms with E-state index in [-0.39, 0.29) is 5.75 Å². The number of nitrogens with zero attached hydrogens (tertiary/aromatic N) is 1. The van der Waals surface area contributed by atoms with E-state index in [0.717, 1.165) is 38.7 Å². The lowest BCUT2D eigenvalue weighted by molar-refractivity contribution is -0.139. The number of carboxylic acid groups (broad SMARTS) is 1. The summed E-state index contributed by atoms with van der Waals surface area (Å²) in [4.78, 5) is 27.3. The van der Waals surface area contributed by atoms with Gasteiger partial charge in [0.15, 0.2) is 0 Å². The van der Waals surface area contributed by atoms with Crippen molar-refractivity contribution in [2.75, 3.05) is 5.32 Å². The fraction of sp³-hybridized carbons (Fsp3) is 0.148. The molecular weight excluding hydrogens is 416 g/mol. The number of nitrogens with one attached hydrogen (secondary N) is 1. The molecule has 0 aliphatic heterocycles. The van der Waals surface area contributed by atoms with E-state index in [1.54, 1.807) is 12.1 Å². The van der Waals surface area contributed by atoms with E-state index in [1.807, 2.05) is 68.4 Å². The van der Waals surface area contributed by atoms with Crippen LogP contribution in [0.2, 0.25) is 0 Å². The fourth-order valence-corrected chi connectivity index (χ4v) is 4.01. The predicted octanol–water partition coefficient (Wildman–Crippen LogP) is 5.23. The highest BCUT2D eigenvalue weighted by Gasteiger charge is 2.13. The van der Waals surface area contributed by atoms with E-state index >= 15 is 0 Å². The van der Waals surface area contributed by atoms with E-state index in [0.29, 0.717) is 17.8 Å². The second-order valence-corrected chi connectivity index (χ2v) is 8.12. The summed E-state index contributed by atoms with van der Waals surface area (Å²) in [5, 5.41) is 24.1. The zero-order valence-electron chi connectivity index (χ0n) is 18.4. The van der Waals surface area contributed by atoms with Crippen LogP contribution in [-0.4, -0.2) is 27.1 Å². The molecule has 0 atom stereocenters. The highest BCUT2D eigenvalue weighted by atomic mass is 16.4. The van der Waals surface area contributed by atoms with Crippen molar-refractivity contribution in [3.8, 4) is 17.0 Å². The summed E-state index contributed by atoms with van der Waals surface area (Å²) in [6.07, 6.45) is -0.0172. The van der Waals surface area contributed by atoms with Crippen LogP contribution in [0.4, 0.5) is 5.69 Å². The number of carbonyl (C=O) groups excluding carboxylic acids is 1. The summed E-state index contributed by atoms with van der Waals surface area (Å²) in [6, 6.07) is 21.2. The Morgan fingerprint density at radius 1 is 0.909 bits per heavy atom. The van der Waals surface area contributed by atoms with Crippen molar-refractivity contribution < 1.29 is 19.8 Å². The Bertz CT molecular complexity index is 1350. The minimum atomic E-state index is -1.17. The number of rotatable bonds is 6. The number of hydrogen-bond acceptors (Lipinski definition) is 4. The van der Waals surface area contributed by atoms with Crippen molar-refractivity contribution in [2.45, 2.75) is 26.7 Å². The first-order chi connectivity index (χ1) is 15.8. The van der Waals surface area contributed by atoms with E-state index in [2.05, 4.69) is 5.32 Å². The normalized spacial score (nSPS) is 10.8. The maximum absolute atomic E-state index is 11.8. The average molecular weight is 440 g/mol. The summed E-state index contributed by atoms with van der Waals surface area (Å²) in [6.45, 7) is 3.89. The lowest BCUT2D eigenvalue weighted by atomic mass is 9.96. The van der Waals surface area contributed by atoms with Crippen molar-refractivity contribution in [1.29, 1.82) is 0 Å². The molecule has 0 radical (unpaired) electrons. The molecule has 0 aliphatic rings. The number of amides is 1. The number of fused-ring (bicyclic) bond motifs is 1. The van der Waals surface area contributed by atoms with Crippen LogP contribution < -0.4 is 5.32 Å². The number of hydrogen-bond donors (Lipinski definition) is 3. The zero-order chi connectivity index (χ0) is 23.5. The standard InChI is InChI=1S/C27H24N2O4/c1-16-11-22(28-25(31)15-26(32)33)12-17(2)23(16)14-21-9-10-24(30)27(29-21)20-8-7-18-5-3-4-6-19(18)13-20/h3-13,30H,14-15H2,1-2H3,(H,28,31)(H,32,33). The third kappa shape index (κ3) is 5.01. The summed E-state index contributed by atoms with van der Waals surface area (Å²) >= 11 is 0. The van der Waals surface area contributed by atoms with Crippen LogP contribution in [0.5, 0.6) is 5.75 Å². The second-order valence-electron chi connectivity index (χ2n) is 8.12. The number of aliphatic carboxylic acids is 1. The lowest BCUT2D eigenvalue weighted by Gasteiger charge is -2.14. The molecule has 0 fully saturated rings. The average Bonchev–Trinajstić information content (AvgIpc) is 2.76. The number of pyridine rings is 1. The molecule has 1 aromatic heterocycles. The Hall–Kier alpha value is -4.19. The summed E-state index contributed by atoms with van der Waals surface area (Å²) in [5.74, 6) is -1.61. The number of aromatic hydroxyl groups is 1. The van der Waals surface area contributed by atoms with Gasteiger partial charge >= 0.3 is 5.97 Å². The largest absolute Gasteiger partial charge is 0.506 e. The van der Waals surface area contributed by atoms with Gasteiger partial charge in [0.05, 0.1) is 0 Å². The third-order valence-corrected chi connectivity index (χ3v) is 5.60. The first-order valence-electron chi connectivity index (χ1n) is 10.6. The van der Waals surface area contributed by atoms with Gasteiger partial charge in [-0.3, -0.25) is 9.59 Å². The van der Waals surface area contributed by atoms with Crippen molar-refractivity contribution in [1.82, 2.24) is 4.98 Å². The molecule has 33 heavy (non-hydrogen) atoms. The van der Waals surface area contributed by atoms with Crippen LogP contribution in [0.1, 0.15) is 28.8 Å². The molecule has 0 saturated carbocycles. The van der Waals surface area contributed by atoms with Crippen LogP contribution >= 0.6 is 0 Å². The van der Waals surface area contributed by atoms with Gasteiger partial charge in [0.25, 0.3) is 0 Å². The number of carbonyl (C=O) groups is 2. The number of aryl methyl sites for hydroxylation is 2. The van der Waals surface area contributed by atoms with Gasteiger partial charge in [0, 0.05) is 23.4 Å². The molecule has 1 heterocycles. The maximum atomic E-state index is 11.8. The lowest BCUT2D eigenvalue weighted by Crippen LogP contribution is -2.16. The van der Waals surface area contributed by atoms with Crippen molar-refractivity contribution >= 4 is 28.3 Å². The Morgan fingerprint density at radius 2 is 1.61 bits per heavy atom. The molecule has 3 aromatic carbocycles. The summed E-state index contributed by atoms with van der Waals surface area (Å²) in [7, 11) is 0. The van der Waals surface area contributed by atoms with E-state index in [1.165, 1.54) is 0 Å². The molecule has 1 amide bonds. The van der Waals surface area contributed by atoms with Gasteiger partial charge in [-0.05, 0) is 71.6 Å². The number of anilines is 1. The first kappa shape index (κ1) is 22.0. The quantitative estimate of drug-likeness (QED) is 0.357. The predicted molar refractivity (Wildman–Crippen MR) is 128 cm³/mol. The van der Waals surface area contributed by atoms with Crippen LogP contribution in [0.15, 0.2) is 66.7 Å². The highest BCUT2D eigenvalue weighted by molar-refractivity contribution is 6.01. The monoisotopic (exact) mass is 440 g/mol. The fourth-order valence-electron chi connectivity index (χ4n) is 4.01. The first-order valence-corrected chi connectivity index (χ1v) is 10.6. The SMILES string of the molecule is Cc1cc(NC(=O)CC(=O)O)cc(C)c1Cc1ccc(O)c(-c2ccc3ccccc3c2)n1.